The van der Waals surface area contributed by atoms with Crippen LogP contribution < -0.4 is 10.1 Å². The first-order valence-corrected chi connectivity index (χ1v) is 6.33. The maximum absolute atomic E-state index is 11.1. The summed E-state index contributed by atoms with van der Waals surface area (Å²) in [5.41, 5.74) is 0.886. The van der Waals surface area contributed by atoms with Gasteiger partial charge in [-0.05, 0) is 25.1 Å². The van der Waals surface area contributed by atoms with Crippen molar-refractivity contribution in [3.8, 4) is 5.75 Å². The Bertz CT molecular complexity index is 444. The van der Waals surface area contributed by atoms with Crippen molar-refractivity contribution in [2.24, 2.45) is 5.92 Å². The van der Waals surface area contributed by atoms with Crippen LogP contribution in [0.2, 0.25) is 0 Å². The topological polar surface area (TPSA) is 73.6 Å². The van der Waals surface area contributed by atoms with E-state index in [1.54, 1.807) is 19.2 Å². The van der Waals surface area contributed by atoms with Crippen LogP contribution in [0.4, 0.5) is 5.69 Å². The minimum absolute atomic E-state index is 0.0201. The second kappa shape index (κ2) is 6.49. The zero-order chi connectivity index (χ0) is 13.7. The van der Waals surface area contributed by atoms with Crippen LogP contribution in [0, 0.1) is 16.0 Å². The van der Waals surface area contributed by atoms with Crippen LogP contribution in [0.3, 0.4) is 0 Å². The SMILES string of the molecule is CNCc1ccc(OCC2CCOC2)c([N+](=O)[O-])c1. The van der Waals surface area contributed by atoms with Gasteiger partial charge in [-0.3, -0.25) is 10.1 Å². The molecule has 1 saturated heterocycles. The third-order valence-corrected chi connectivity index (χ3v) is 3.10. The molecule has 0 radical (unpaired) electrons. The van der Waals surface area contributed by atoms with Gasteiger partial charge < -0.3 is 14.8 Å². The zero-order valence-corrected chi connectivity index (χ0v) is 10.9. The predicted molar refractivity (Wildman–Crippen MR) is 70.3 cm³/mol. The molecule has 1 heterocycles. The normalized spacial score (nSPS) is 18.5. The summed E-state index contributed by atoms with van der Waals surface area (Å²) in [4.78, 5) is 10.7. The number of nitrogens with one attached hydrogen (secondary N) is 1. The highest BCUT2D eigenvalue weighted by molar-refractivity contribution is 5.48. The summed E-state index contributed by atoms with van der Waals surface area (Å²) in [5, 5.41) is 14.0. The minimum atomic E-state index is -0.403. The summed E-state index contributed by atoms with van der Waals surface area (Å²) in [5.74, 6) is 0.661. The summed E-state index contributed by atoms with van der Waals surface area (Å²) in [7, 11) is 1.80. The number of benzene rings is 1. The quantitative estimate of drug-likeness (QED) is 0.627. The molecule has 1 aromatic rings. The molecule has 6 heteroatoms. The van der Waals surface area contributed by atoms with Gasteiger partial charge in [-0.25, -0.2) is 0 Å². The molecule has 1 atom stereocenters. The number of nitro benzene ring substituents is 1. The third-order valence-electron chi connectivity index (χ3n) is 3.10. The Morgan fingerprint density at radius 1 is 1.58 bits per heavy atom. The molecule has 2 rings (SSSR count). The van der Waals surface area contributed by atoms with Crippen molar-refractivity contribution in [3.63, 3.8) is 0 Å². The second-order valence-corrected chi connectivity index (χ2v) is 4.63. The van der Waals surface area contributed by atoms with Gasteiger partial charge in [-0.1, -0.05) is 6.07 Å². The lowest BCUT2D eigenvalue weighted by Gasteiger charge is -2.11. The average molecular weight is 266 g/mol. The van der Waals surface area contributed by atoms with Gasteiger partial charge in [0.1, 0.15) is 0 Å². The Morgan fingerprint density at radius 2 is 2.42 bits per heavy atom. The molecule has 1 aromatic carbocycles. The van der Waals surface area contributed by atoms with E-state index in [1.165, 1.54) is 0 Å². The van der Waals surface area contributed by atoms with E-state index in [2.05, 4.69) is 5.32 Å². The van der Waals surface area contributed by atoms with E-state index in [0.29, 0.717) is 31.4 Å². The van der Waals surface area contributed by atoms with E-state index in [9.17, 15) is 10.1 Å². The molecular formula is C13H18N2O4. The number of nitro groups is 1. The van der Waals surface area contributed by atoms with Crippen molar-refractivity contribution in [3.05, 3.63) is 33.9 Å². The van der Waals surface area contributed by atoms with Crippen molar-refractivity contribution in [1.82, 2.24) is 5.32 Å². The predicted octanol–water partition coefficient (Wildman–Crippen LogP) is 1.73. The Balaban J connectivity index is 2.07. The van der Waals surface area contributed by atoms with Gasteiger partial charge in [-0.15, -0.1) is 0 Å². The van der Waals surface area contributed by atoms with Crippen molar-refractivity contribution < 1.29 is 14.4 Å². The molecule has 1 aliphatic rings. The number of ether oxygens (including phenoxy) is 2. The molecule has 104 valence electrons. The summed E-state index contributed by atoms with van der Waals surface area (Å²) < 4.78 is 10.8. The molecule has 0 bridgehead atoms. The molecule has 0 spiro atoms. The van der Waals surface area contributed by atoms with E-state index in [0.717, 1.165) is 18.6 Å². The zero-order valence-electron chi connectivity index (χ0n) is 10.9. The lowest BCUT2D eigenvalue weighted by atomic mass is 10.1. The van der Waals surface area contributed by atoms with Gasteiger partial charge in [0.05, 0.1) is 18.1 Å². The van der Waals surface area contributed by atoms with Crippen molar-refractivity contribution in [2.75, 3.05) is 26.9 Å². The fourth-order valence-electron chi connectivity index (χ4n) is 2.06. The third kappa shape index (κ3) is 3.65. The van der Waals surface area contributed by atoms with Crippen molar-refractivity contribution >= 4 is 5.69 Å². The van der Waals surface area contributed by atoms with Crippen molar-refractivity contribution in [2.45, 2.75) is 13.0 Å². The standard InChI is InChI=1S/C13H18N2O4/c1-14-7-10-2-3-13(12(6-10)15(16)17)19-9-11-4-5-18-8-11/h2-3,6,11,14H,4-5,7-9H2,1H3. The van der Waals surface area contributed by atoms with Crippen LogP contribution >= 0.6 is 0 Å². The molecule has 0 amide bonds. The lowest BCUT2D eigenvalue weighted by Crippen LogP contribution is -2.12. The molecule has 1 unspecified atom stereocenters. The molecule has 19 heavy (non-hydrogen) atoms. The summed E-state index contributed by atoms with van der Waals surface area (Å²) in [6, 6.07) is 5.06. The van der Waals surface area contributed by atoms with Crippen LogP contribution in [0.5, 0.6) is 5.75 Å². The van der Waals surface area contributed by atoms with E-state index in [-0.39, 0.29) is 5.69 Å². The van der Waals surface area contributed by atoms with Crippen LogP contribution in [0.25, 0.3) is 0 Å². The molecule has 0 aliphatic carbocycles. The van der Waals surface area contributed by atoms with Crippen LogP contribution in [-0.4, -0.2) is 31.8 Å². The van der Waals surface area contributed by atoms with Crippen LogP contribution in [-0.2, 0) is 11.3 Å². The fraction of sp³-hybridized carbons (Fsp3) is 0.538. The average Bonchev–Trinajstić information content (AvgIpc) is 2.90. The first kappa shape index (κ1) is 13.8. The Labute approximate surface area is 111 Å². The number of nitrogens with zero attached hydrogens (tertiary/aromatic N) is 1. The van der Waals surface area contributed by atoms with Gasteiger partial charge in [-0.2, -0.15) is 0 Å². The molecule has 1 aliphatic heterocycles. The molecule has 6 nitrogen and oxygen atoms in total. The molecule has 0 saturated carbocycles. The van der Waals surface area contributed by atoms with Gasteiger partial charge in [0, 0.05) is 25.1 Å². The smallest absolute Gasteiger partial charge is 0.311 e. The van der Waals surface area contributed by atoms with Crippen LogP contribution in [0.15, 0.2) is 18.2 Å². The number of hydrogen-bond donors (Lipinski definition) is 1. The maximum atomic E-state index is 11.1. The Morgan fingerprint density at radius 3 is 3.05 bits per heavy atom. The Hall–Kier alpha value is -1.66. The summed E-state index contributed by atoms with van der Waals surface area (Å²) in [6.45, 7) is 2.48. The molecular weight excluding hydrogens is 248 g/mol. The largest absolute Gasteiger partial charge is 0.486 e. The molecule has 0 aromatic heterocycles. The van der Waals surface area contributed by atoms with E-state index in [4.69, 9.17) is 9.47 Å². The van der Waals surface area contributed by atoms with Gasteiger partial charge in [0.15, 0.2) is 5.75 Å². The summed E-state index contributed by atoms with van der Waals surface area (Å²) in [6.07, 6.45) is 0.950. The highest BCUT2D eigenvalue weighted by Gasteiger charge is 2.20. The number of rotatable bonds is 6. The van der Waals surface area contributed by atoms with Gasteiger partial charge in [0.25, 0.3) is 0 Å². The highest BCUT2D eigenvalue weighted by Crippen LogP contribution is 2.29. The Kier molecular flexibility index (Phi) is 4.70. The van der Waals surface area contributed by atoms with E-state index < -0.39 is 4.92 Å². The van der Waals surface area contributed by atoms with E-state index in [1.807, 2.05) is 6.07 Å². The van der Waals surface area contributed by atoms with Crippen molar-refractivity contribution in [1.29, 1.82) is 0 Å². The lowest BCUT2D eigenvalue weighted by molar-refractivity contribution is -0.386. The molecule has 1 N–H and O–H groups in total. The highest BCUT2D eigenvalue weighted by atomic mass is 16.6. The van der Waals surface area contributed by atoms with Gasteiger partial charge >= 0.3 is 5.69 Å². The maximum Gasteiger partial charge on any atom is 0.311 e. The van der Waals surface area contributed by atoms with Crippen LogP contribution in [0.1, 0.15) is 12.0 Å². The first-order valence-electron chi connectivity index (χ1n) is 6.33. The second-order valence-electron chi connectivity index (χ2n) is 4.63. The fourth-order valence-corrected chi connectivity index (χ4v) is 2.06. The monoisotopic (exact) mass is 266 g/mol. The van der Waals surface area contributed by atoms with E-state index >= 15 is 0 Å². The summed E-state index contributed by atoms with van der Waals surface area (Å²) >= 11 is 0. The van der Waals surface area contributed by atoms with Gasteiger partial charge in [0.2, 0.25) is 0 Å². The minimum Gasteiger partial charge on any atom is -0.486 e. The first-order chi connectivity index (χ1) is 9.20. The molecule has 1 fully saturated rings. The number of hydrogen-bond acceptors (Lipinski definition) is 5.